The fraction of sp³-hybridized carbons (Fsp3) is 0.188. The van der Waals surface area contributed by atoms with Crippen LogP contribution in [-0.4, -0.2) is 6.29 Å². The van der Waals surface area contributed by atoms with Gasteiger partial charge in [0.1, 0.15) is 12.1 Å². The minimum Gasteiger partial charge on any atom is -0.302 e. The Morgan fingerprint density at radius 3 is 2.37 bits per heavy atom. The second-order valence-corrected chi connectivity index (χ2v) is 5.23. The highest BCUT2D eigenvalue weighted by atomic mass is 35.5. The summed E-state index contributed by atoms with van der Waals surface area (Å²) in [5, 5.41) is 0.569. The Labute approximate surface area is 117 Å². The topological polar surface area (TPSA) is 17.1 Å². The van der Waals surface area contributed by atoms with Gasteiger partial charge in [0.25, 0.3) is 0 Å². The van der Waals surface area contributed by atoms with E-state index in [-0.39, 0.29) is 5.82 Å². The van der Waals surface area contributed by atoms with Crippen LogP contribution in [0.15, 0.2) is 48.5 Å². The molecule has 0 aliphatic rings. The fourth-order valence-corrected chi connectivity index (χ4v) is 2.50. The number of hydrogen-bond acceptors (Lipinski definition) is 1. The Morgan fingerprint density at radius 2 is 1.79 bits per heavy atom. The lowest BCUT2D eigenvalue weighted by molar-refractivity contribution is -0.112. The van der Waals surface area contributed by atoms with E-state index >= 15 is 0 Å². The highest BCUT2D eigenvalue weighted by Crippen LogP contribution is 2.31. The van der Waals surface area contributed by atoms with Crippen molar-refractivity contribution in [2.45, 2.75) is 18.8 Å². The molecule has 0 heterocycles. The monoisotopic (exact) mass is 276 g/mol. The molecule has 0 saturated carbocycles. The van der Waals surface area contributed by atoms with E-state index in [1.54, 1.807) is 18.2 Å². The van der Waals surface area contributed by atoms with Crippen LogP contribution in [0.3, 0.4) is 0 Å². The minimum atomic E-state index is -0.712. The average molecular weight is 277 g/mol. The molecule has 1 atom stereocenters. The predicted molar refractivity (Wildman–Crippen MR) is 75.0 cm³/mol. The molecule has 19 heavy (non-hydrogen) atoms. The molecule has 0 aliphatic heterocycles. The molecular weight excluding hydrogens is 263 g/mol. The Hall–Kier alpha value is -1.67. The molecule has 2 rings (SSSR count). The Balaban J connectivity index is 2.35. The van der Waals surface area contributed by atoms with Crippen LogP contribution < -0.4 is 0 Å². The van der Waals surface area contributed by atoms with Crippen molar-refractivity contribution in [1.29, 1.82) is 0 Å². The molecule has 0 fully saturated rings. The molecule has 0 N–H and O–H groups in total. The summed E-state index contributed by atoms with van der Waals surface area (Å²) in [5.74, 6) is -0.283. The smallest absolute Gasteiger partial charge is 0.130 e. The second-order valence-electron chi connectivity index (χ2n) is 4.82. The van der Waals surface area contributed by atoms with Gasteiger partial charge in [-0.15, -0.1) is 0 Å². The molecule has 0 spiro atoms. The molecular formula is C16H14ClFO. The van der Waals surface area contributed by atoms with Crippen LogP contribution in [0.1, 0.15) is 18.1 Å². The summed E-state index contributed by atoms with van der Waals surface area (Å²) in [6.45, 7) is 1.84. The quantitative estimate of drug-likeness (QED) is 0.766. The second kappa shape index (κ2) is 5.54. The van der Waals surface area contributed by atoms with Crippen molar-refractivity contribution in [2.75, 3.05) is 0 Å². The zero-order valence-corrected chi connectivity index (χ0v) is 11.3. The van der Waals surface area contributed by atoms with Crippen molar-refractivity contribution in [3.8, 4) is 0 Å². The van der Waals surface area contributed by atoms with Crippen molar-refractivity contribution in [3.63, 3.8) is 0 Å². The zero-order valence-electron chi connectivity index (χ0n) is 10.6. The number of carbonyl (C=O) groups excluding carboxylic acids is 1. The summed E-state index contributed by atoms with van der Waals surface area (Å²) in [7, 11) is 0. The lowest BCUT2D eigenvalue weighted by atomic mass is 9.78. The molecule has 1 nitrogen and oxygen atoms in total. The molecule has 1 unspecified atom stereocenters. The number of halogens is 2. The molecule has 2 aromatic carbocycles. The van der Waals surface area contributed by atoms with Crippen LogP contribution in [0.2, 0.25) is 5.02 Å². The maximum Gasteiger partial charge on any atom is 0.130 e. The number of benzene rings is 2. The van der Waals surface area contributed by atoms with E-state index in [1.165, 1.54) is 12.1 Å². The Kier molecular flexibility index (Phi) is 4.01. The van der Waals surface area contributed by atoms with Crippen molar-refractivity contribution in [2.24, 2.45) is 0 Å². The van der Waals surface area contributed by atoms with Crippen LogP contribution in [0.25, 0.3) is 0 Å². The average Bonchev–Trinajstić information content (AvgIpc) is 2.42. The van der Waals surface area contributed by atoms with Crippen LogP contribution >= 0.6 is 11.6 Å². The summed E-state index contributed by atoms with van der Waals surface area (Å²) < 4.78 is 12.9. The normalized spacial score (nSPS) is 13.8. The van der Waals surface area contributed by atoms with Crippen molar-refractivity contribution >= 4 is 17.9 Å². The first kappa shape index (κ1) is 13.8. The van der Waals surface area contributed by atoms with Gasteiger partial charge in [-0.1, -0.05) is 41.9 Å². The van der Waals surface area contributed by atoms with Gasteiger partial charge in [0, 0.05) is 5.02 Å². The van der Waals surface area contributed by atoms with E-state index in [2.05, 4.69) is 0 Å². The van der Waals surface area contributed by atoms with Crippen LogP contribution in [0, 0.1) is 5.82 Å². The Morgan fingerprint density at radius 1 is 1.16 bits per heavy atom. The first-order valence-electron chi connectivity index (χ1n) is 6.01. The third-order valence-electron chi connectivity index (χ3n) is 3.23. The Bertz CT molecular complexity index is 580. The van der Waals surface area contributed by atoms with E-state index in [4.69, 9.17) is 11.6 Å². The fourth-order valence-electron chi connectivity index (χ4n) is 2.15. The van der Waals surface area contributed by atoms with Gasteiger partial charge in [0.05, 0.1) is 5.41 Å². The van der Waals surface area contributed by atoms with Gasteiger partial charge in [0.15, 0.2) is 0 Å². The molecule has 0 aliphatic carbocycles. The van der Waals surface area contributed by atoms with Gasteiger partial charge in [-0.3, -0.25) is 0 Å². The third kappa shape index (κ3) is 3.02. The summed E-state index contributed by atoms with van der Waals surface area (Å²) >= 11 is 6.16. The molecule has 0 saturated heterocycles. The van der Waals surface area contributed by atoms with E-state index < -0.39 is 5.41 Å². The zero-order chi connectivity index (χ0) is 13.9. The molecule has 3 heteroatoms. The summed E-state index contributed by atoms with van der Waals surface area (Å²) in [6, 6.07) is 13.5. The lowest BCUT2D eigenvalue weighted by Crippen LogP contribution is -2.27. The van der Waals surface area contributed by atoms with Crippen LogP contribution in [-0.2, 0) is 16.6 Å². The lowest BCUT2D eigenvalue weighted by Gasteiger charge is -2.25. The minimum absolute atomic E-state index is 0.283. The van der Waals surface area contributed by atoms with Gasteiger partial charge in [-0.2, -0.15) is 0 Å². The number of rotatable bonds is 4. The van der Waals surface area contributed by atoms with Crippen molar-refractivity contribution in [3.05, 3.63) is 70.5 Å². The first-order valence-corrected chi connectivity index (χ1v) is 6.39. The third-order valence-corrected chi connectivity index (χ3v) is 3.56. The summed E-state index contributed by atoms with van der Waals surface area (Å²) in [6.07, 6.45) is 1.39. The van der Waals surface area contributed by atoms with Crippen molar-refractivity contribution < 1.29 is 9.18 Å². The molecule has 0 amide bonds. The van der Waals surface area contributed by atoms with E-state index in [0.717, 1.165) is 17.4 Å². The SMILES string of the molecule is CC(C=O)(Cc1ccc(F)cc1)c1ccccc1Cl. The highest BCUT2D eigenvalue weighted by Gasteiger charge is 2.28. The van der Waals surface area contributed by atoms with Gasteiger partial charge in [0.2, 0.25) is 0 Å². The molecule has 0 aromatic heterocycles. The highest BCUT2D eigenvalue weighted by molar-refractivity contribution is 6.31. The first-order chi connectivity index (χ1) is 9.05. The van der Waals surface area contributed by atoms with E-state index in [0.29, 0.717) is 11.4 Å². The standard InChI is InChI=1S/C16H14ClFO/c1-16(11-19,14-4-2-3-5-15(14)17)10-12-6-8-13(18)9-7-12/h2-9,11H,10H2,1H3. The van der Waals surface area contributed by atoms with E-state index in [1.807, 2.05) is 25.1 Å². The number of hydrogen-bond donors (Lipinski definition) is 0. The summed E-state index contributed by atoms with van der Waals surface area (Å²) in [5.41, 5.74) is 0.975. The predicted octanol–water partition coefficient (Wildman–Crippen LogP) is 4.18. The van der Waals surface area contributed by atoms with E-state index in [9.17, 15) is 9.18 Å². The van der Waals surface area contributed by atoms with Gasteiger partial charge in [-0.25, -0.2) is 4.39 Å². The van der Waals surface area contributed by atoms with Gasteiger partial charge in [-0.05, 0) is 42.7 Å². The maximum atomic E-state index is 12.9. The van der Waals surface area contributed by atoms with Crippen LogP contribution in [0.5, 0.6) is 0 Å². The largest absolute Gasteiger partial charge is 0.302 e. The maximum absolute atomic E-state index is 12.9. The number of carbonyl (C=O) groups is 1. The number of aldehydes is 1. The van der Waals surface area contributed by atoms with Crippen LogP contribution in [0.4, 0.5) is 4.39 Å². The molecule has 98 valence electrons. The van der Waals surface area contributed by atoms with Gasteiger partial charge < -0.3 is 4.79 Å². The molecule has 2 aromatic rings. The summed E-state index contributed by atoms with van der Waals surface area (Å²) in [4.78, 5) is 11.5. The molecule has 0 bridgehead atoms. The molecule has 0 radical (unpaired) electrons. The van der Waals surface area contributed by atoms with Crippen molar-refractivity contribution in [1.82, 2.24) is 0 Å². The van der Waals surface area contributed by atoms with Gasteiger partial charge >= 0.3 is 0 Å².